The summed E-state index contributed by atoms with van der Waals surface area (Å²) in [5, 5.41) is 5.19. The average Bonchev–Trinajstić information content (AvgIpc) is 2.81. The summed E-state index contributed by atoms with van der Waals surface area (Å²) in [6.07, 6.45) is 0. The van der Waals surface area contributed by atoms with Gasteiger partial charge in [-0.2, -0.15) is 4.98 Å². The number of benzene rings is 1. The van der Waals surface area contributed by atoms with Crippen LogP contribution in [-0.2, 0) is 5.75 Å². The highest BCUT2D eigenvalue weighted by molar-refractivity contribution is 8.00. The molecule has 0 aliphatic carbocycles. The van der Waals surface area contributed by atoms with Gasteiger partial charge in [-0.1, -0.05) is 46.8 Å². The molecule has 1 aromatic carbocycles. The third-order valence-electron chi connectivity index (χ3n) is 2.69. The highest BCUT2D eigenvalue weighted by atomic mass is 35.5. The fourth-order valence-electron chi connectivity index (χ4n) is 1.72. The molecular weight excluding hydrogens is 314 g/mol. The van der Waals surface area contributed by atoms with Crippen LogP contribution in [0, 0.1) is 6.92 Å². The van der Waals surface area contributed by atoms with Gasteiger partial charge in [0.2, 0.25) is 4.96 Å². The van der Waals surface area contributed by atoms with Gasteiger partial charge >= 0.3 is 0 Å². The molecule has 3 rings (SSSR count). The fraction of sp³-hybridized carbons (Fsp3) is 0.154. The minimum absolute atomic E-state index is 0.222. The van der Waals surface area contributed by atoms with Crippen molar-refractivity contribution in [3.8, 4) is 0 Å². The van der Waals surface area contributed by atoms with E-state index in [1.54, 1.807) is 16.3 Å². The molecule has 0 amide bonds. The zero-order valence-corrected chi connectivity index (χ0v) is 12.9. The Morgan fingerprint density at radius 1 is 1.35 bits per heavy atom. The van der Waals surface area contributed by atoms with Gasteiger partial charge in [-0.05, 0) is 24.6 Å². The Hall–Kier alpha value is -1.37. The van der Waals surface area contributed by atoms with Crippen molar-refractivity contribution in [3.63, 3.8) is 0 Å². The summed E-state index contributed by atoms with van der Waals surface area (Å²) in [6.45, 7) is 1.85. The second kappa shape index (κ2) is 5.55. The van der Waals surface area contributed by atoms with E-state index in [1.165, 1.54) is 23.0 Å². The van der Waals surface area contributed by atoms with E-state index in [0.717, 1.165) is 20.8 Å². The van der Waals surface area contributed by atoms with Crippen LogP contribution in [0.25, 0.3) is 4.96 Å². The number of fused-ring (bicyclic) bond motifs is 1. The molecule has 20 heavy (non-hydrogen) atoms. The summed E-state index contributed by atoms with van der Waals surface area (Å²) in [6, 6.07) is 9.23. The predicted octanol–water partition coefficient (Wildman–Crippen LogP) is 3.41. The van der Waals surface area contributed by atoms with Gasteiger partial charge in [0.1, 0.15) is 0 Å². The highest BCUT2D eigenvalue weighted by Gasteiger charge is 2.08. The number of thioether (sulfide) groups is 1. The van der Waals surface area contributed by atoms with Crippen molar-refractivity contribution in [2.75, 3.05) is 0 Å². The Balaban J connectivity index is 1.83. The smallest absolute Gasteiger partial charge is 0.267 e. The first-order valence-electron chi connectivity index (χ1n) is 5.86. The maximum absolute atomic E-state index is 11.4. The molecule has 0 aliphatic heterocycles. The Bertz CT molecular complexity index is 811. The average molecular weight is 324 g/mol. The number of rotatable bonds is 3. The first-order valence-corrected chi connectivity index (χ1v) is 8.04. The second-order valence-corrected chi connectivity index (χ2v) is 6.83. The van der Waals surface area contributed by atoms with Gasteiger partial charge < -0.3 is 0 Å². The molecule has 7 heteroatoms. The molecule has 0 unspecified atom stereocenters. The van der Waals surface area contributed by atoms with Crippen LogP contribution in [0.1, 0.15) is 11.3 Å². The molecule has 0 bridgehead atoms. The fourth-order valence-corrected chi connectivity index (χ4v) is 3.79. The predicted molar refractivity (Wildman–Crippen MR) is 82.9 cm³/mol. The normalized spacial score (nSPS) is 11.1. The molecule has 4 nitrogen and oxygen atoms in total. The van der Waals surface area contributed by atoms with E-state index in [9.17, 15) is 4.79 Å². The van der Waals surface area contributed by atoms with Crippen LogP contribution in [0.4, 0.5) is 0 Å². The van der Waals surface area contributed by atoms with E-state index in [1.807, 2.05) is 31.2 Å². The van der Waals surface area contributed by atoms with Gasteiger partial charge in [0.15, 0.2) is 4.34 Å². The molecular formula is C13H10ClN3OS2. The number of aromatic nitrogens is 3. The van der Waals surface area contributed by atoms with Crippen molar-refractivity contribution in [2.45, 2.75) is 17.0 Å². The van der Waals surface area contributed by atoms with Crippen LogP contribution >= 0.6 is 34.7 Å². The molecule has 2 heterocycles. The lowest BCUT2D eigenvalue weighted by molar-refractivity contribution is 0.849. The maximum Gasteiger partial charge on any atom is 0.274 e. The molecule has 0 aliphatic rings. The van der Waals surface area contributed by atoms with Crippen LogP contribution in [0.3, 0.4) is 0 Å². The van der Waals surface area contributed by atoms with Crippen molar-refractivity contribution in [2.24, 2.45) is 0 Å². The van der Waals surface area contributed by atoms with Gasteiger partial charge in [-0.25, -0.2) is 4.52 Å². The summed E-state index contributed by atoms with van der Waals surface area (Å²) in [4.78, 5) is 15.9. The van der Waals surface area contributed by atoms with Gasteiger partial charge in [-0.15, -0.1) is 5.10 Å². The topological polar surface area (TPSA) is 47.3 Å². The van der Waals surface area contributed by atoms with E-state index >= 15 is 0 Å². The van der Waals surface area contributed by atoms with Crippen molar-refractivity contribution < 1.29 is 0 Å². The lowest BCUT2D eigenvalue weighted by Crippen LogP contribution is -2.08. The quantitative estimate of drug-likeness (QED) is 0.693. The molecule has 2 aromatic heterocycles. The summed E-state index contributed by atoms with van der Waals surface area (Å²) in [5.41, 5.74) is 1.76. The number of aryl methyl sites for hydroxylation is 1. The number of nitrogens with zero attached hydrogens (tertiary/aromatic N) is 3. The highest BCUT2D eigenvalue weighted by Crippen LogP contribution is 2.27. The largest absolute Gasteiger partial charge is 0.274 e. The third-order valence-corrected chi connectivity index (χ3v) is 5.05. The minimum Gasteiger partial charge on any atom is -0.267 e. The van der Waals surface area contributed by atoms with Crippen molar-refractivity contribution in [3.05, 3.63) is 57.0 Å². The molecule has 0 atom stereocenters. The summed E-state index contributed by atoms with van der Waals surface area (Å²) < 4.78 is 2.59. The third kappa shape index (κ3) is 2.87. The summed E-state index contributed by atoms with van der Waals surface area (Å²) in [5.74, 6) is 0.806. The summed E-state index contributed by atoms with van der Waals surface area (Å²) in [7, 11) is 0. The van der Waals surface area contributed by atoms with Crippen LogP contribution in [0.2, 0.25) is 5.02 Å². The van der Waals surface area contributed by atoms with Gasteiger partial charge in [-0.3, -0.25) is 4.79 Å². The monoisotopic (exact) mass is 323 g/mol. The summed E-state index contributed by atoms with van der Waals surface area (Å²) >= 11 is 8.90. The molecule has 0 saturated heterocycles. The molecule has 0 saturated carbocycles. The van der Waals surface area contributed by atoms with Crippen LogP contribution in [-0.4, -0.2) is 14.6 Å². The molecule has 3 aromatic rings. The standard InChI is InChI=1S/C13H10ClN3OS2/c1-8-6-11(18)15-12-17(8)16-13(20-12)19-7-9-2-4-10(14)5-3-9/h2-6H,7H2,1H3. The van der Waals surface area contributed by atoms with E-state index < -0.39 is 0 Å². The van der Waals surface area contributed by atoms with Crippen molar-refractivity contribution >= 4 is 39.7 Å². The Kier molecular flexibility index (Phi) is 3.78. The second-order valence-electron chi connectivity index (χ2n) is 4.21. The molecule has 0 radical (unpaired) electrons. The van der Waals surface area contributed by atoms with Crippen molar-refractivity contribution in [1.29, 1.82) is 0 Å². The zero-order valence-electron chi connectivity index (χ0n) is 10.5. The lowest BCUT2D eigenvalue weighted by atomic mass is 10.2. The van der Waals surface area contributed by atoms with Crippen LogP contribution in [0.15, 0.2) is 39.5 Å². The number of hydrogen-bond donors (Lipinski definition) is 0. The Labute approximate surface area is 128 Å². The molecule has 0 N–H and O–H groups in total. The van der Waals surface area contributed by atoms with E-state index in [4.69, 9.17) is 11.6 Å². The molecule has 0 spiro atoms. The van der Waals surface area contributed by atoms with Crippen molar-refractivity contribution in [1.82, 2.24) is 14.6 Å². The van der Waals surface area contributed by atoms with E-state index in [-0.39, 0.29) is 5.56 Å². The zero-order chi connectivity index (χ0) is 14.1. The molecule has 102 valence electrons. The van der Waals surface area contributed by atoms with Crippen LogP contribution < -0.4 is 5.56 Å². The number of hydrogen-bond acceptors (Lipinski definition) is 5. The lowest BCUT2D eigenvalue weighted by Gasteiger charge is -1.98. The number of halogens is 1. The molecule has 0 fully saturated rings. The van der Waals surface area contributed by atoms with E-state index in [0.29, 0.717) is 4.96 Å². The minimum atomic E-state index is -0.222. The van der Waals surface area contributed by atoms with Gasteiger partial charge in [0, 0.05) is 22.5 Å². The first kappa shape index (κ1) is 13.6. The maximum atomic E-state index is 11.4. The Morgan fingerprint density at radius 2 is 2.10 bits per heavy atom. The van der Waals surface area contributed by atoms with Gasteiger partial charge in [0.05, 0.1) is 0 Å². The SMILES string of the molecule is Cc1cc(=O)nc2sc(SCc3ccc(Cl)cc3)nn12. The van der Waals surface area contributed by atoms with E-state index in [2.05, 4.69) is 10.1 Å². The van der Waals surface area contributed by atoms with Gasteiger partial charge in [0.25, 0.3) is 5.56 Å². The Morgan fingerprint density at radius 3 is 2.85 bits per heavy atom. The first-order chi connectivity index (χ1) is 9.61. The van der Waals surface area contributed by atoms with Crippen LogP contribution in [0.5, 0.6) is 0 Å².